The van der Waals surface area contributed by atoms with Crippen molar-refractivity contribution in [2.45, 2.75) is 30.1 Å². The van der Waals surface area contributed by atoms with Gasteiger partial charge in [-0.25, -0.2) is 0 Å². The molecule has 0 radical (unpaired) electrons. The second-order valence-electron chi connectivity index (χ2n) is 5.41. The average Bonchev–Trinajstić information content (AvgIpc) is 2.70. The Morgan fingerprint density at radius 3 is 2.62 bits per heavy atom. The zero-order valence-corrected chi connectivity index (χ0v) is 11.1. The van der Waals surface area contributed by atoms with Crippen molar-refractivity contribution in [1.82, 2.24) is 5.32 Å². The molecule has 4 heteroatoms. The van der Waals surface area contributed by atoms with Gasteiger partial charge < -0.3 is 10.1 Å². The predicted octanol–water partition coefficient (Wildman–Crippen LogP) is 1.56. The molecule has 0 spiro atoms. The molecular weight excluding hydrogens is 270 g/mol. The van der Waals surface area contributed by atoms with Crippen molar-refractivity contribution in [1.29, 1.82) is 0 Å². The van der Waals surface area contributed by atoms with Crippen LogP contribution in [0.5, 0.6) is 0 Å². The highest BCUT2D eigenvalue weighted by atomic mass is 79.9. The van der Waals surface area contributed by atoms with Gasteiger partial charge in [-0.3, -0.25) is 4.79 Å². The Morgan fingerprint density at radius 1 is 1.44 bits per heavy atom. The van der Waals surface area contributed by atoms with Crippen LogP contribution >= 0.6 is 15.9 Å². The number of esters is 1. The molecule has 90 valence electrons. The second-order valence-corrected chi connectivity index (χ2v) is 6.52. The molecule has 16 heavy (non-hydrogen) atoms. The van der Waals surface area contributed by atoms with E-state index < -0.39 is 0 Å². The highest BCUT2D eigenvalue weighted by molar-refractivity contribution is 9.10. The van der Waals surface area contributed by atoms with Crippen molar-refractivity contribution in [2.75, 3.05) is 13.7 Å². The summed E-state index contributed by atoms with van der Waals surface area (Å²) in [6.07, 6.45) is 4.36. The normalized spacial score (nSPS) is 45.2. The van der Waals surface area contributed by atoms with Crippen LogP contribution in [-0.2, 0) is 9.53 Å². The van der Waals surface area contributed by atoms with Gasteiger partial charge in [0.25, 0.3) is 0 Å². The van der Waals surface area contributed by atoms with Crippen molar-refractivity contribution in [3.05, 3.63) is 0 Å². The maximum Gasteiger partial charge on any atom is 0.320 e. The minimum absolute atomic E-state index is 0.179. The van der Waals surface area contributed by atoms with E-state index in [4.69, 9.17) is 0 Å². The van der Waals surface area contributed by atoms with E-state index in [0.29, 0.717) is 12.6 Å². The number of ether oxygens (including phenoxy) is 1. The number of fused-ring (bicyclic) bond motifs is 5. The molecular formula is C12H18BrNO2. The summed E-state index contributed by atoms with van der Waals surface area (Å²) in [5.74, 6) is 3.65. The topological polar surface area (TPSA) is 38.3 Å². The predicted molar refractivity (Wildman–Crippen MR) is 64.3 cm³/mol. The lowest BCUT2D eigenvalue weighted by Crippen LogP contribution is -2.33. The van der Waals surface area contributed by atoms with E-state index in [1.807, 2.05) is 0 Å². The zero-order valence-electron chi connectivity index (χ0n) is 9.49. The Hall–Kier alpha value is -0.0900. The van der Waals surface area contributed by atoms with Crippen LogP contribution < -0.4 is 5.32 Å². The first-order chi connectivity index (χ1) is 7.72. The Labute approximate surface area is 104 Å². The van der Waals surface area contributed by atoms with Crippen LogP contribution in [0.3, 0.4) is 0 Å². The van der Waals surface area contributed by atoms with E-state index in [1.54, 1.807) is 0 Å². The average molecular weight is 288 g/mol. The Kier molecular flexibility index (Phi) is 2.75. The molecule has 0 heterocycles. The van der Waals surface area contributed by atoms with Crippen molar-refractivity contribution in [2.24, 2.45) is 23.7 Å². The van der Waals surface area contributed by atoms with Gasteiger partial charge in [0.2, 0.25) is 0 Å². The van der Waals surface area contributed by atoms with Gasteiger partial charge in [0.15, 0.2) is 0 Å². The van der Waals surface area contributed by atoms with Gasteiger partial charge in [-0.15, -0.1) is 0 Å². The standard InChI is InChI=1S/C12H18BrNO2/c1-16-12(15)8(13)5-14-11-9-6-2-3-7(4-6)10(9)11/h6-11,14H,2-5H2,1H3. The molecule has 3 rings (SSSR count). The first-order valence-electron chi connectivity index (χ1n) is 6.17. The van der Waals surface area contributed by atoms with E-state index >= 15 is 0 Å². The third-order valence-corrected chi connectivity index (χ3v) is 5.42. The van der Waals surface area contributed by atoms with Crippen LogP contribution in [0.2, 0.25) is 0 Å². The zero-order chi connectivity index (χ0) is 11.3. The minimum atomic E-state index is -0.198. The molecule has 0 aromatic heterocycles. The summed E-state index contributed by atoms with van der Waals surface area (Å²) < 4.78 is 4.69. The molecule has 3 aliphatic rings. The number of methoxy groups -OCH3 is 1. The number of halogens is 1. The maximum atomic E-state index is 11.2. The summed E-state index contributed by atoms with van der Waals surface area (Å²) in [5.41, 5.74) is 0. The fraction of sp³-hybridized carbons (Fsp3) is 0.917. The van der Waals surface area contributed by atoms with Crippen LogP contribution in [0.4, 0.5) is 0 Å². The molecule has 3 saturated carbocycles. The molecule has 1 N–H and O–H groups in total. The van der Waals surface area contributed by atoms with Gasteiger partial charge in [0.1, 0.15) is 4.83 Å². The number of rotatable bonds is 4. The molecule has 0 saturated heterocycles. The Bertz CT molecular complexity index is 293. The fourth-order valence-electron chi connectivity index (χ4n) is 4.05. The summed E-state index contributed by atoms with van der Waals surface area (Å²) in [6, 6.07) is 0.691. The van der Waals surface area contributed by atoms with Crippen molar-refractivity contribution >= 4 is 21.9 Å². The van der Waals surface area contributed by atoms with Crippen LogP contribution in [0, 0.1) is 23.7 Å². The van der Waals surface area contributed by atoms with Crippen LogP contribution in [0.1, 0.15) is 19.3 Å². The number of hydrogen-bond donors (Lipinski definition) is 1. The lowest BCUT2D eigenvalue weighted by Gasteiger charge is -2.12. The molecule has 0 aliphatic heterocycles. The lowest BCUT2D eigenvalue weighted by atomic mass is 10.0. The quantitative estimate of drug-likeness (QED) is 0.630. The molecule has 0 amide bonds. The summed E-state index contributed by atoms with van der Waals surface area (Å²) in [5, 5.41) is 3.53. The minimum Gasteiger partial charge on any atom is -0.468 e. The molecule has 3 aliphatic carbocycles. The van der Waals surface area contributed by atoms with Gasteiger partial charge in [0.05, 0.1) is 7.11 Å². The van der Waals surface area contributed by atoms with E-state index in [2.05, 4.69) is 26.0 Å². The summed E-state index contributed by atoms with van der Waals surface area (Å²) >= 11 is 3.35. The van der Waals surface area contributed by atoms with Gasteiger partial charge in [-0.2, -0.15) is 0 Å². The molecule has 0 aromatic rings. The smallest absolute Gasteiger partial charge is 0.320 e. The van der Waals surface area contributed by atoms with Crippen molar-refractivity contribution in [3.8, 4) is 0 Å². The lowest BCUT2D eigenvalue weighted by molar-refractivity contribution is -0.139. The summed E-state index contributed by atoms with van der Waals surface area (Å²) in [7, 11) is 1.43. The number of carbonyl (C=O) groups is 1. The molecule has 3 nitrogen and oxygen atoms in total. The Balaban J connectivity index is 1.47. The van der Waals surface area contributed by atoms with Crippen molar-refractivity contribution < 1.29 is 9.53 Å². The maximum absolute atomic E-state index is 11.2. The molecule has 5 atom stereocenters. The molecule has 2 bridgehead atoms. The molecule has 0 aromatic carbocycles. The Morgan fingerprint density at radius 2 is 2.06 bits per heavy atom. The summed E-state index contributed by atoms with van der Waals surface area (Å²) in [4.78, 5) is 11.0. The summed E-state index contributed by atoms with van der Waals surface area (Å²) in [6.45, 7) is 0.698. The number of nitrogens with one attached hydrogen (secondary N) is 1. The highest BCUT2D eigenvalue weighted by Crippen LogP contribution is 2.65. The first kappa shape index (κ1) is 11.0. The van der Waals surface area contributed by atoms with Crippen LogP contribution in [-0.4, -0.2) is 30.5 Å². The number of alkyl halides is 1. The van der Waals surface area contributed by atoms with Gasteiger partial charge in [-0.05, 0) is 42.9 Å². The first-order valence-corrected chi connectivity index (χ1v) is 7.09. The number of hydrogen-bond acceptors (Lipinski definition) is 3. The van der Waals surface area contributed by atoms with E-state index in [-0.39, 0.29) is 10.8 Å². The third-order valence-electron chi connectivity index (χ3n) is 4.73. The largest absolute Gasteiger partial charge is 0.468 e. The fourth-order valence-corrected chi connectivity index (χ4v) is 4.42. The van der Waals surface area contributed by atoms with Gasteiger partial charge in [-0.1, -0.05) is 15.9 Å². The SMILES string of the molecule is COC(=O)C(Br)CNC1C2C3CCC(C3)C12. The third kappa shape index (κ3) is 1.61. The van der Waals surface area contributed by atoms with E-state index in [9.17, 15) is 4.79 Å². The monoisotopic (exact) mass is 287 g/mol. The highest BCUT2D eigenvalue weighted by Gasteiger charge is 2.64. The molecule has 5 unspecified atom stereocenters. The van der Waals surface area contributed by atoms with E-state index in [0.717, 1.165) is 23.7 Å². The van der Waals surface area contributed by atoms with Gasteiger partial charge in [0, 0.05) is 12.6 Å². The second kappa shape index (κ2) is 3.98. The van der Waals surface area contributed by atoms with Crippen LogP contribution in [0.15, 0.2) is 0 Å². The van der Waals surface area contributed by atoms with Crippen LogP contribution in [0.25, 0.3) is 0 Å². The number of carbonyl (C=O) groups excluding carboxylic acids is 1. The molecule has 3 fully saturated rings. The van der Waals surface area contributed by atoms with E-state index in [1.165, 1.54) is 26.4 Å². The van der Waals surface area contributed by atoms with Gasteiger partial charge >= 0.3 is 5.97 Å². The van der Waals surface area contributed by atoms with Crippen molar-refractivity contribution in [3.63, 3.8) is 0 Å².